The van der Waals surface area contributed by atoms with Crippen LogP contribution in [0.1, 0.15) is 40.7 Å². The third-order valence-corrected chi connectivity index (χ3v) is 7.71. The van der Waals surface area contributed by atoms with E-state index in [2.05, 4.69) is 49.1 Å². The number of rotatable bonds is 7. The summed E-state index contributed by atoms with van der Waals surface area (Å²) in [5.41, 5.74) is 9.11. The van der Waals surface area contributed by atoms with Crippen LogP contribution >= 0.6 is 0 Å². The number of anilines is 1. The maximum absolute atomic E-state index is 11.4. The molecule has 202 valence electrons. The molecule has 4 aromatic rings. The summed E-state index contributed by atoms with van der Waals surface area (Å²) in [4.78, 5) is 18.5. The quantitative estimate of drug-likeness (QED) is 0.274. The summed E-state index contributed by atoms with van der Waals surface area (Å²) >= 11 is 0. The van der Waals surface area contributed by atoms with E-state index in [4.69, 9.17) is 9.72 Å². The van der Waals surface area contributed by atoms with E-state index < -0.39 is 5.97 Å². The van der Waals surface area contributed by atoms with Crippen molar-refractivity contribution >= 4 is 11.8 Å². The molecule has 0 unspecified atom stereocenters. The van der Waals surface area contributed by atoms with Crippen LogP contribution in [0.5, 0.6) is 5.75 Å². The first-order chi connectivity index (χ1) is 19.3. The van der Waals surface area contributed by atoms with Crippen LogP contribution in [-0.2, 0) is 11.4 Å². The number of ether oxygens (including phenoxy) is 1. The summed E-state index contributed by atoms with van der Waals surface area (Å²) in [5.74, 6) is 0.642. The van der Waals surface area contributed by atoms with Crippen LogP contribution in [0, 0.1) is 38.0 Å². The van der Waals surface area contributed by atoms with Gasteiger partial charge >= 0.3 is 5.97 Å². The van der Waals surface area contributed by atoms with Gasteiger partial charge in [-0.2, -0.15) is 5.26 Å². The van der Waals surface area contributed by atoms with Crippen molar-refractivity contribution in [3.63, 3.8) is 0 Å². The zero-order chi connectivity index (χ0) is 28.2. The molecule has 6 nitrogen and oxygen atoms in total. The van der Waals surface area contributed by atoms with E-state index in [0.29, 0.717) is 38.1 Å². The molecule has 2 heterocycles. The first-order valence-corrected chi connectivity index (χ1v) is 13.6. The lowest BCUT2D eigenvalue weighted by Crippen LogP contribution is -2.36. The highest BCUT2D eigenvalue weighted by atomic mass is 16.5. The molecule has 1 fully saturated rings. The number of aliphatic carboxylic acids is 1. The molecule has 3 aromatic carbocycles. The second kappa shape index (κ2) is 11.6. The van der Waals surface area contributed by atoms with Crippen molar-refractivity contribution in [3.8, 4) is 34.2 Å². The molecule has 0 spiro atoms. The Kier molecular flexibility index (Phi) is 7.84. The zero-order valence-corrected chi connectivity index (χ0v) is 23.1. The lowest BCUT2D eigenvalue weighted by atomic mass is 9.96. The van der Waals surface area contributed by atoms with E-state index in [1.54, 1.807) is 0 Å². The average Bonchev–Trinajstić information content (AvgIpc) is 2.97. The molecular formula is C34H33N3O3. The largest absolute Gasteiger partial charge is 0.488 e. The number of benzene rings is 3. The summed E-state index contributed by atoms with van der Waals surface area (Å²) in [7, 11) is 0. The van der Waals surface area contributed by atoms with Crippen molar-refractivity contribution in [3.05, 3.63) is 101 Å². The van der Waals surface area contributed by atoms with Gasteiger partial charge in [-0.3, -0.25) is 4.79 Å². The van der Waals surface area contributed by atoms with E-state index in [1.165, 1.54) is 0 Å². The van der Waals surface area contributed by atoms with Crippen LogP contribution in [0.4, 0.5) is 5.82 Å². The fraction of sp³-hybridized carbons (Fsp3) is 0.265. The Hall–Kier alpha value is -4.63. The number of nitrogens with zero attached hydrogens (tertiary/aromatic N) is 3. The number of pyridine rings is 1. The van der Waals surface area contributed by atoms with E-state index in [9.17, 15) is 15.2 Å². The summed E-state index contributed by atoms with van der Waals surface area (Å²) in [5, 5.41) is 18.5. The first-order valence-electron chi connectivity index (χ1n) is 13.6. The second-order valence-electron chi connectivity index (χ2n) is 10.6. The Bertz CT molecular complexity index is 1600. The van der Waals surface area contributed by atoms with Gasteiger partial charge in [0.05, 0.1) is 23.2 Å². The van der Waals surface area contributed by atoms with E-state index in [0.717, 1.165) is 56.2 Å². The maximum Gasteiger partial charge on any atom is 0.306 e. The van der Waals surface area contributed by atoms with Crippen molar-refractivity contribution in [2.24, 2.45) is 5.92 Å². The third kappa shape index (κ3) is 5.84. The molecule has 1 N–H and O–H groups in total. The van der Waals surface area contributed by atoms with Crippen molar-refractivity contribution in [1.29, 1.82) is 5.26 Å². The number of carbonyl (C=O) groups is 1. The Morgan fingerprint density at radius 2 is 1.77 bits per heavy atom. The Morgan fingerprint density at radius 3 is 2.48 bits per heavy atom. The minimum atomic E-state index is -0.711. The van der Waals surface area contributed by atoms with Crippen LogP contribution < -0.4 is 9.64 Å². The minimum absolute atomic E-state index is 0.276. The second-order valence-corrected chi connectivity index (χ2v) is 10.6. The van der Waals surface area contributed by atoms with E-state index in [-0.39, 0.29) is 5.92 Å². The van der Waals surface area contributed by atoms with Crippen LogP contribution in [-0.4, -0.2) is 29.1 Å². The van der Waals surface area contributed by atoms with E-state index >= 15 is 0 Å². The number of nitriles is 1. The summed E-state index contributed by atoms with van der Waals surface area (Å²) in [6, 6.07) is 26.5. The van der Waals surface area contributed by atoms with Gasteiger partial charge in [-0.1, -0.05) is 42.0 Å². The van der Waals surface area contributed by atoms with Gasteiger partial charge in [0, 0.05) is 18.7 Å². The molecule has 1 aliphatic heterocycles. The first kappa shape index (κ1) is 27.0. The smallest absolute Gasteiger partial charge is 0.306 e. The fourth-order valence-electron chi connectivity index (χ4n) is 5.31. The molecule has 0 amide bonds. The van der Waals surface area contributed by atoms with Crippen LogP contribution in [0.3, 0.4) is 0 Å². The summed E-state index contributed by atoms with van der Waals surface area (Å²) in [6.07, 6.45) is 1.26. The molecule has 0 atom stereocenters. The van der Waals surface area contributed by atoms with E-state index in [1.807, 2.05) is 55.5 Å². The van der Waals surface area contributed by atoms with Crippen molar-refractivity contribution < 1.29 is 14.6 Å². The van der Waals surface area contributed by atoms with Crippen molar-refractivity contribution in [1.82, 2.24) is 4.98 Å². The highest BCUT2D eigenvalue weighted by molar-refractivity contribution is 5.72. The van der Waals surface area contributed by atoms with Gasteiger partial charge in [-0.25, -0.2) is 4.98 Å². The molecule has 0 radical (unpaired) electrons. The highest BCUT2D eigenvalue weighted by Gasteiger charge is 2.25. The Balaban J connectivity index is 1.35. The molecular weight excluding hydrogens is 498 g/mol. The lowest BCUT2D eigenvalue weighted by Gasteiger charge is -2.31. The normalized spacial score (nSPS) is 13.6. The Morgan fingerprint density at radius 1 is 0.975 bits per heavy atom. The number of hydrogen-bond acceptors (Lipinski definition) is 5. The zero-order valence-electron chi connectivity index (χ0n) is 23.1. The van der Waals surface area contributed by atoms with Crippen LogP contribution in [0.25, 0.3) is 22.4 Å². The molecule has 1 aliphatic rings. The number of piperidine rings is 1. The number of hydrogen-bond donors (Lipinski definition) is 1. The molecule has 0 bridgehead atoms. The van der Waals surface area contributed by atoms with Gasteiger partial charge < -0.3 is 14.7 Å². The molecule has 0 aliphatic carbocycles. The third-order valence-electron chi connectivity index (χ3n) is 7.71. The number of carboxylic acid groups (broad SMARTS) is 1. The predicted octanol–water partition coefficient (Wildman–Crippen LogP) is 7.09. The number of carboxylic acids is 1. The standard InChI is InChI=1S/C34H33N3O3/c1-22-7-12-32(30(17-22)31-5-4-6-33(36-31)37-15-13-26(14-16-37)34(38)39)40-21-28-10-9-27(19-23(28)2)29-11-8-25(20-35)18-24(29)3/h4-12,17-19,26H,13-16,21H2,1-3H3,(H,38,39). The number of aromatic nitrogens is 1. The van der Waals surface area contributed by atoms with Gasteiger partial charge in [-0.05, 0) is 97.8 Å². The summed E-state index contributed by atoms with van der Waals surface area (Å²) in [6.45, 7) is 7.97. The summed E-state index contributed by atoms with van der Waals surface area (Å²) < 4.78 is 6.38. The topological polar surface area (TPSA) is 86.5 Å². The lowest BCUT2D eigenvalue weighted by molar-refractivity contribution is -0.142. The predicted molar refractivity (Wildman–Crippen MR) is 157 cm³/mol. The van der Waals surface area contributed by atoms with Gasteiger partial charge in [0.25, 0.3) is 0 Å². The molecule has 1 saturated heterocycles. The molecule has 40 heavy (non-hydrogen) atoms. The average molecular weight is 532 g/mol. The van der Waals surface area contributed by atoms with Crippen molar-refractivity contribution in [2.75, 3.05) is 18.0 Å². The van der Waals surface area contributed by atoms with Gasteiger partial charge in [0.15, 0.2) is 0 Å². The fourth-order valence-corrected chi connectivity index (χ4v) is 5.31. The van der Waals surface area contributed by atoms with Gasteiger partial charge in [0.1, 0.15) is 18.2 Å². The number of aryl methyl sites for hydroxylation is 3. The molecule has 6 heteroatoms. The van der Waals surface area contributed by atoms with Crippen LogP contribution in [0.2, 0.25) is 0 Å². The Labute approximate surface area is 235 Å². The minimum Gasteiger partial charge on any atom is -0.488 e. The van der Waals surface area contributed by atoms with Gasteiger partial charge in [0.2, 0.25) is 0 Å². The molecule has 0 saturated carbocycles. The monoisotopic (exact) mass is 531 g/mol. The highest BCUT2D eigenvalue weighted by Crippen LogP contribution is 2.33. The van der Waals surface area contributed by atoms with Crippen LogP contribution in [0.15, 0.2) is 72.8 Å². The van der Waals surface area contributed by atoms with Crippen molar-refractivity contribution in [2.45, 2.75) is 40.2 Å². The molecule has 5 rings (SSSR count). The van der Waals surface area contributed by atoms with Gasteiger partial charge in [-0.15, -0.1) is 0 Å². The maximum atomic E-state index is 11.4. The molecule has 1 aromatic heterocycles. The SMILES string of the molecule is Cc1ccc(OCc2ccc(-c3ccc(C#N)cc3C)cc2C)c(-c2cccc(N3CCC(C(=O)O)CC3)n2)c1.